The molecule has 3 aliphatic heterocycles. The van der Waals surface area contributed by atoms with E-state index >= 15 is 0 Å². The van der Waals surface area contributed by atoms with Crippen molar-refractivity contribution >= 4 is 46.9 Å². The molecule has 0 aliphatic carbocycles. The molecule has 0 aromatic rings. The molecule has 3 aliphatic rings. The molecule has 596 valence electrons. The Balaban J connectivity index is 0.0000172. The van der Waals surface area contributed by atoms with E-state index in [-0.39, 0.29) is 201 Å². The molecule has 0 radical (unpaired) electrons. The molecule has 3 rings (SSSR count). The number of rotatable bonds is 57. The van der Waals surface area contributed by atoms with Gasteiger partial charge >= 0.3 is 0 Å². The summed E-state index contributed by atoms with van der Waals surface area (Å²) in [7, 11) is 1.58. The number of ketones is 3. The van der Waals surface area contributed by atoms with E-state index in [0.29, 0.717) is 38.7 Å². The van der Waals surface area contributed by atoms with Crippen molar-refractivity contribution in [3.63, 3.8) is 0 Å². The van der Waals surface area contributed by atoms with Crippen molar-refractivity contribution < 1.29 is 146 Å². The Labute approximate surface area is 598 Å². The van der Waals surface area contributed by atoms with Gasteiger partial charge in [-0.2, -0.15) is 0 Å². The highest BCUT2D eigenvalue weighted by Gasteiger charge is 2.48. The first kappa shape index (κ1) is 95.5. The fourth-order valence-corrected chi connectivity index (χ4v) is 11.0. The first-order valence-electron chi connectivity index (χ1n) is 35.1. The lowest BCUT2D eigenvalue weighted by Gasteiger charge is -2.42. The first-order chi connectivity index (χ1) is 48.5. The summed E-state index contributed by atoms with van der Waals surface area (Å²) in [5.74, 6) is -2.65. The van der Waals surface area contributed by atoms with Crippen LogP contribution >= 0.6 is 0 Å². The number of carbonyl (C=O) groups is 8. The fourth-order valence-electron chi connectivity index (χ4n) is 11.0. The van der Waals surface area contributed by atoms with Crippen molar-refractivity contribution in [3.05, 3.63) is 0 Å². The number of methoxy groups -OCH3 is 1. The summed E-state index contributed by atoms with van der Waals surface area (Å²) in [5.41, 5.74) is -1.22. The molecule has 5 amide bonds. The summed E-state index contributed by atoms with van der Waals surface area (Å²) in [6.07, 6.45) is -12.8. The minimum atomic E-state index is -1.47. The number of hydrogen-bond donors (Lipinski definition) is 14. The Morgan fingerprint density at radius 2 is 0.696 bits per heavy atom. The van der Waals surface area contributed by atoms with Gasteiger partial charge in [-0.1, -0.05) is 21.3 Å². The van der Waals surface area contributed by atoms with Crippen molar-refractivity contribution in [2.75, 3.05) is 139 Å². The monoisotopic (exact) mass is 1480 g/mol. The van der Waals surface area contributed by atoms with Crippen molar-refractivity contribution in [1.82, 2.24) is 26.6 Å². The summed E-state index contributed by atoms with van der Waals surface area (Å²) < 4.78 is 72.4. The molecule has 3 heterocycles. The van der Waals surface area contributed by atoms with Crippen LogP contribution in [0.3, 0.4) is 0 Å². The van der Waals surface area contributed by atoms with E-state index < -0.39 is 147 Å². The number of aliphatic hydroxyl groups is 9. The lowest BCUT2D eigenvalue weighted by Crippen LogP contribution is -2.64. The van der Waals surface area contributed by atoms with Gasteiger partial charge in [-0.25, -0.2) is 0 Å². The van der Waals surface area contributed by atoms with Crippen molar-refractivity contribution in [2.45, 2.75) is 242 Å². The normalized spacial score (nSPS) is 25.3. The lowest BCUT2D eigenvalue weighted by atomic mass is 9.81. The summed E-state index contributed by atoms with van der Waals surface area (Å²) in [4.78, 5) is 103. The highest BCUT2D eigenvalue weighted by Crippen LogP contribution is 2.29. The van der Waals surface area contributed by atoms with E-state index in [1.54, 1.807) is 7.11 Å². The van der Waals surface area contributed by atoms with Crippen molar-refractivity contribution in [1.29, 1.82) is 0 Å². The molecule has 35 heteroatoms. The molecule has 15 atom stereocenters. The van der Waals surface area contributed by atoms with Gasteiger partial charge < -0.3 is 134 Å². The van der Waals surface area contributed by atoms with Crippen LogP contribution in [-0.2, 0) is 99.9 Å². The first-order valence-corrected chi connectivity index (χ1v) is 35.1. The molecule has 0 aromatic carbocycles. The predicted octanol–water partition coefficient (Wildman–Crippen LogP) is -2.80. The van der Waals surface area contributed by atoms with E-state index in [1.807, 2.05) is 13.8 Å². The van der Waals surface area contributed by atoms with Gasteiger partial charge in [0, 0.05) is 111 Å². The summed E-state index contributed by atoms with van der Waals surface area (Å²) in [6.45, 7) is 7.85. The quantitative estimate of drug-likeness (QED) is 0.0274. The molecule has 0 saturated carbocycles. The minimum Gasteiger partial charge on any atom is -0.394 e. The topological polar surface area (TPSA) is 499 Å². The van der Waals surface area contributed by atoms with Gasteiger partial charge in [-0.15, -0.1) is 0 Å². The second-order valence-corrected chi connectivity index (χ2v) is 24.4. The maximum atomic E-state index is 13.9. The third-order valence-electron chi connectivity index (χ3n) is 16.4. The number of hydrogen-bond acceptors (Lipinski definition) is 30. The Hall–Kier alpha value is -4.52. The number of ether oxygens (including phenoxy) is 13. The second kappa shape index (κ2) is 56.8. The Morgan fingerprint density at radius 1 is 0.373 bits per heavy atom. The Morgan fingerprint density at radius 3 is 1.06 bits per heavy atom. The van der Waals surface area contributed by atoms with E-state index in [2.05, 4.69) is 26.6 Å². The number of carbonyl (C=O) groups excluding carboxylic acids is 8. The average molecular weight is 1480 g/mol. The maximum absolute atomic E-state index is 13.9. The molecule has 3 saturated heterocycles. The SMILES string of the molecule is C.CC.COCCCCC(=O)CCCC(=O)NC(CCC(=O)CCCOCCOCCOC1OC(CO)C(O)C(O)C1NC(C)=O)(CCC(=O)CCCOCCOCCOC1OC(CO)C(O)C(O)C1NC(C)=O)CCC(=O)NCCOCCOCCOC1OC(CO)C(O)C(O)C1NC(C)=O. The zero-order valence-corrected chi connectivity index (χ0v) is 59.7. The predicted molar refractivity (Wildman–Crippen MR) is 362 cm³/mol. The molecule has 35 nitrogen and oxygen atoms in total. The number of amides is 5. The van der Waals surface area contributed by atoms with Gasteiger partial charge in [0.15, 0.2) is 18.9 Å². The van der Waals surface area contributed by atoms with Gasteiger partial charge in [0.25, 0.3) is 0 Å². The zero-order chi connectivity index (χ0) is 75.0. The highest BCUT2D eigenvalue weighted by molar-refractivity contribution is 5.82. The van der Waals surface area contributed by atoms with Crippen LogP contribution in [-0.4, -0.2) is 329 Å². The average Bonchev–Trinajstić information content (AvgIpc) is 0.829. The fraction of sp³-hybridized carbons (Fsp3) is 0.881. The van der Waals surface area contributed by atoms with Crippen LogP contribution in [0.1, 0.15) is 145 Å². The Bertz CT molecular complexity index is 2090. The third kappa shape index (κ3) is 39.2. The van der Waals surface area contributed by atoms with Crippen LogP contribution < -0.4 is 26.6 Å². The van der Waals surface area contributed by atoms with Crippen LogP contribution in [0.4, 0.5) is 0 Å². The van der Waals surface area contributed by atoms with Gasteiger partial charge in [-0.3, -0.25) is 38.4 Å². The smallest absolute Gasteiger partial charge is 0.220 e. The van der Waals surface area contributed by atoms with Gasteiger partial charge in [0.1, 0.15) is 90.4 Å². The van der Waals surface area contributed by atoms with Crippen molar-refractivity contribution in [2.24, 2.45) is 0 Å². The van der Waals surface area contributed by atoms with Crippen LogP contribution in [0.15, 0.2) is 0 Å². The van der Waals surface area contributed by atoms with Crippen molar-refractivity contribution in [3.8, 4) is 0 Å². The van der Waals surface area contributed by atoms with Crippen LogP contribution in [0.25, 0.3) is 0 Å². The zero-order valence-electron chi connectivity index (χ0n) is 59.7. The summed E-state index contributed by atoms with van der Waals surface area (Å²) in [5, 5.41) is 104. The number of Topliss-reactive ketones (excluding diaryl/α,β-unsaturated/α-hetero) is 3. The standard InChI is InChI=1S/C64H113N5O30.C2H6.CH4/c1-41(73)66-52-58(84)55(81)47(38-70)97-61(52)94-35-32-91-29-26-88-23-8-12-45(77)15-18-64(69-51(80)14-7-11-44(76)10-5-6-22-87-4,19-16-46(78)13-9-24-89-27-30-92-33-36-95-62-53(67-42(2)74)59(85)56(82)48(39-71)98-62)20-17-50(79)65-21-25-90-28-31-93-34-37-96-63-54(68-43(3)75)60(86)57(83)49(40-72)99-63;1-2;/h47-49,52-63,70-72,81-86H,5-40H2,1-4H3,(H,65,79)(H,66,73)(H,67,74)(H,68,75)(H,69,80);1-2H3;1H4. The largest absolute Gasteiger partial charge is 0.394 e. The molecule has 14 N–H and O–H groups in total. The second-order valence-electron chi connectivity index (χ2n) is 24.4. The van der Waals surface area contributed by atoms with Gasteiger partial charge in [0.05, 0.1) is 106 Å². The minimum absolute atomic E-state index is 0. The molecular weight excluding hydrogens is 1350 g/mol. The maximum Gasteiger partial charge on any atom is 0.220 e. The molecule has 0 spiro atoms. The lowest BCUT2D eigenvalue weighted by molar-refractivity contribution is -0.272. The Kier molecular flexibility index (Phi) is 53.1. The number of aliphatic hydroxyl groups excluding tert-OH is 9. The van der Waals surface area contributed by atoms with Crippen LogP contribution in [0, 0.1) is 0 Å². The van der Waals surface area contributed by atoms with Gasteiger partial charge in [-0.05, 0) is 51.4 Å². The molecule has 102 heavy (non-hydrogen) atoms. The molecular formula is C67H123N5O30. The van der Waals surface area contributed by atoms with Gasteiger partial charge in [0.2, 0.25) is 29.5 Å². The number of unbranched alkanes of at least 4 members (excludes halogenated alkanes) is 1. The van der Waals surface area contributed by atoms with E-state index in [9.17, 15) is 84.3 Å². The van der Waals surface area contributed by atoms with Crippen LogP contribution in [0.2, 0.25) is 0 Å². The molecule has 3 fully saturated rings. The van der Waals surface area contributed by atoms with Crippen LogP contribution in [0.5, 0.6) is 0 Å². The molecule has 0 aromatic heterocycles. The van der Waals surface area contributed by atoms with E-state index in [0.717, 1.165) is 0 Å². The molecule has 0 bridgehead atoms. The summed E-state index contributed by atoms with van der Waals surface area (Å²) in [6, 6.07) is -3.32. The third-order valence-corrected chi connectivity index (χ3v) is 16.4. The highest BCUT2D eigenvalue weighted by atomic mass is 16.7. The number of nitrogens with one attached hydrogen (secondary N) is 5. The van der Waals surface area contributed by atoms with E-state index in [4.69, 9.17) is 61.6 Å². The van der Waals surface area contributed by atoms with E-state index in [1.165, 1.54) is 20.8 Å². The summed E-state index contributed by atoms with van der Waals surface area (Å²) >= 11 is 0. The molecule has 15 unspecified atom stereocenters.